The number of methoxy groups -OCH3 is 1. The third-order valence-electron chi connectivity index (χ3n) is 3.50. The quantitative estimate of drug-likeness (QED) is 0.827. The fourth-order valence-corrected chi connectivity index (χ4v) is 2.43. The van der Waals surface area contributed by atoms with E-state index in [-0.39, 0.29) is 30.7 Å². The Balaban J connectivity index is 0.00000288. The van der Waals surface area contributed by atoms with E-state index in [1.165, 1.54) is 19.2 Å². The lowest BCUT2D eigenvalue weighted by Gasteiger charge is -2.34. The van der Waals surface area contributed by atoms with Gasteiger partial charge in [0.25, 0.3) is 0 Å². The van der Waals surface area contributed by atoms with Crippen molar-refractivity contribution >= 4 is 18.3 Å². The van der Waals surface area contributed by atoms with Crippen LogP contribution in [0.25, 0.3) is 0 Å². The predicted molar refractivity (Wildman–Crippen MR) is 85.4 cm³/mol. The van der Waals surface area contributed by atoms with Crippen LogP contribution < -0.4 is 10.5 Å². The highest BCUT2D eigenvalue weighted by molar-refractivity contribution is 5.85. The fraction of sp³-hybridized carbons (Fsp3) is 0.533. The van der Waals surface area contributed by atoms with Gasteiger partial charge in [0.15, 0.2) is 0 Å². The Bertz CT molecular complexity index is 536. The zero-order valence-electron chi connectivity index (χ0n) is 13.2. The number of alkyl halides is 2. The summed E-state index contributed by atoms with van der Waals surface area (Å²) in [5.74, 6) is -0.166. The van der Waals surface area contributed by atoms with E-state index >= 15 is 0 Å². The number of amides is 1. The van der Waals surface area contributed by atoms with Crippen molar-refractivity contribution in [2.75, 3.05) is 33.4 Å². The third-order valence-corrected chi connectivity index (χ3v) is 3.50. The van der Waals surface area contributed by atoms with E-state index in [4.69, 9.17) is 15.2 Å². The summed E-state index contributed by atoms with van der Waals surface area (Å²) >= 11 is 0. The Hall–Kier alpha value is -1.48. The van der Waals surface area contributed by atoms with E-state index in [0.717, 1.165) is 0 Å². The predicted octanol–water partition coefficient (Wildman–Crippen LogP) is 1.58. The summed E-state index contributed by atoms with van der Waals surface area (Å²) in [5.41, 5.74) is 6.43. The van der Waals surface area contributed by atoms with Crippen molar-refractivity contribution in [2.45, 2.75) is 18.8 Å². The lowest BCUT2D eigenvalue weighted by atomic mass is 10.1. The first-order valence-electron chi connectivity index (χ1n) is 7.21. The van der Waals surface area contributed by atoms with Gasteiger partial charge in [-0.1, -0.05) is 12.1 Å². The zero-order chi connectivity index (χ0) is 16.8. The first-order chi connectivity index (χ1) is 11.0. The highest BCUT2D eigenvalue weighted by atomic mass is 35.5. The molecule has 0 saturated carbocycles. The van der Waals surface area contributed by atoms with Crippen molar-refractivity contribution in [1.29, 1.82) is 0 Å². The monoisotopic (exact) mass is 366 g/mol. The number of carbonyl (C=O) groups is 1. The molecule has 0 bridgehead atoms. The zero-order valence-corrected chi connectivity index (χ0v) is 14.0. The molecule has 1 heterocycles. The Labute approximate surface area is 145 Å². The second kappa shape index (κ2) is 9.73. The van der Waals surface area contributed by atoms with Crippen molar-refractivity contribution < 1.29 is 27.8 Å². The number of nitrogens with zero attached hydrogens (tertiary/aromatic N) is 1. The molecule has 1 fully saturated rings. The van der Waals surface area contributed by atoms with Gasteiger partial charge in [-0.05, 0) is 17.7 Å². The van der Waals surface area contributed by atoms with Gasteiger partial charge in [-0.15, -0.1) is 12.4 Å². The van der Waals surface area contributed by atoms with Gasteiger partial charge in [0, 0.05) is 13.7 Å². The number of hydrogen-bond acceptors (Lipinski definition) is 5. The minimum atomic E-state index is -2.89. The number of nitrogens with two attached hydrogens (primary N) is 1. The van der Waals surface area contributed by atoms with Crippen LogP contribution >= 0.6 is 12.4 Å². The molecule has 0 radical (unpaired) electrons. The topological polar surface area (TPSA) is 74.0 Å². The molecule has 1 aromatic carbocycles. The molecule has 24 heavy (non-hydrogen) atoms. The van der Waals surface area contributed by atoms with Gasteiger partial charge in [0.2, 0.25) is 5.91 Å². The van der Waals surface area contributed by atoms with Gasteiger partial charge in [-0.3, -0.25) is 4.79 Å². The third kappa shape index (κ3) is 5.55. The summed E-state index contributed by atoms with van der Waals surface area (Å²) in [6.07, 6.45) is -0.413. The van der Waals surface area contributed by atoms with Gasteiger partial charge in [-0.2, -0.15) is 8.78 Å². The molecule has 2 N–H and O–H groups in total. The first kappa shape index (κ1) is 20.6. The van der Waals surface area contributed by atoms with Crippen molar-refractivity contribution in [1.82, 2.24) is 4.90 Å². The summed E-state index contributed by atoms with van der Waals surface area (Å²) in [6, 6.07) is 5.54. The van der Waals surface area contributed by atoms with Crippen molar-refractivity contribution in [3.05, 3.63) is 29.8 Å². The average molecular weight is 367 g/mol. The molecule has 0 aliphatic carbocycles. The highest BCUT2D eigenvalue weighted by Crippen LogP contribution is 2.26. The first-order valence-corrected chi connectivity index (χ1v) is 7.21. The van der Waals surface area contributed by atoms with Crippen molar-refractivity contribution in [3.63, 3.8) is 0 Å². The molecule has 136 valence electrons. The largest absolute Gasteiger partial charge is 0.435 e. The number of benzene rings is 1. The standard InChI is InChI=1S/C15H20F2N2O4.ClH/c1-21-9-12(18)14(20)19-5-6-22-13(8-19)10-3-2-4-11(7-10)23-15(16)17;/h2-4,7,12-13,15H,5-6,8-9,18H2,1H3;1H. The molecule has 2 unspecified atom stereocenters. The summed E-state index contributed by atoms with van der Waals surface area (Å²) in [6.45, 7) is -1.68. The number of carbonyl (C=O) groups excluding carboxylic acids is 1. The molecule has 1 aromatic rings. The van der Waals surface area contributed by atoms with Gasteiger partial charge >= 0.3 is 6.61 Å². The molecular weight excluding hydrogens is 346 g/mol. The number of halogens is 3. The van der Waals surface area contributed by atoms with Crippen LogP contribution in [-0.4, -0.2) is 56.9 Å². The van der Waals surface area contributed by atoms with Crippen LogP contribution in [0.5, 0.6) is 5.75 Å². The number of hydrogen-bond donors (Lipinski definition) is 1. The molecule has 1 aliphatic rings. The maximum Gasteiger partial charge on any atom is 0.387 e. The average Bonchev–Trinajstić information content (AvgIpc) is 2.54. The maximum absolute atomic E-state index is 12.3. The lowest BCUT2D eigenvalue weighted by Crippen LogP contribution is -2.50. The van der Waals surface area contributed by atoms with E-state index in [9.17, 15) is 13.6 Å². The fourth-order valence-electron chi connectivity index (χ4n) is 2.43. The van der Waals surface area contributed by atoms with E-state index in [1.807, 2.05) is 0 Å². The number of morpholine rings is 1. The minimum absolute atomic E-state index is 0. The number of ether oxygens (including phenoxy) is 3. The molecule has 6 nitrogen and oxygen atoms in total. The molecule has 1 saturated heterocycles. The van der Waals surface area contributed by atoms with E-state index in [2.05, 4.69) is 4.74 Å². The van der Waals surface area contributed by atoms with Crippen LogP contribution in [0.3, 0.4) is 0 Å². The van der Waals surface area contributed by atoms with Gasteiger partial charge in [0.05, 0.1) is 19.8 Å². The molecule has 0 spiro atoms. The van der Waals surface area contributed by atoms with E-state index in [1.54, 1.807) is 17.0 Å². The van der Waals surface area contributed by atoms with Crippen LogP contribution in [0.15, 0.2) is 24.3 Å². The summed E-state index contributed by atoms with van der Waals surface area (Å²) in [5, 5.41) is 0. The molecule has 1 amide bonds. The van der Waals surface area contributed by atoms with Crippen LogP contribution in [0.1, 0.15) is 11.7 Å². The lowest BCUT2D eigenvalue weighted by molar-refractivity contribution is -0.141. The van der Waals surface area contributed by atoms with Crippen molar-refractivity contribution in [2.24, 2.45) is 5.73 Å². The molecule has 2 atom stereocenters. The van der Waals surface area contributed by atoms with Gasteiger partial charge in [0.1, 0.15) is 17.9 Å². The molecule has 0 aromatic heterocycles. The van der Waals surface area contributed by atoms with Crippen LogP contribution in [-0.2, 0) is 14.3 Å². The minimum Gasteiger partial charge on any atom is -0.435 e. The summed E-state index contributed by atoms with van der Waals surface area (Å²) in [7, 11) is 1.48. The Morgan fingerprint density at radius 1 is 1.50 bits per heavy atom. The summed E-state index contributed by atoms with van der Waals surface area (Å²) in [4.78, 5) is 13.8. The maximum atomic E-state index is 12.3. The Kier molecular flexibility index (Phi) is 8.34. The smallest absolute Gasteiger partial charge is 0.387 e. The van der Waals surface area contributed by atoms with Crippen LogP contribution in [0.2, 0.25) is 0 Å². The van der Waals surface area contributed by atoms with E-state index < -0.39 is 18.8 Å². The molecule has 2 rings (SSSR count). The van der Waals surface area contributed by atoms with Gasteiger partial charge in [-0.25, -0.2) is 0 Å². The molecular formula is C15H21ClF2N2O4. The van der Waals surface area contributed by atoms with Crippen LogP contribution in [0.4, 0.5) is 8.78 Å². The highest BCUT2D eigenvalue weighted by Gasteiger charge is 2.28. The van der Waals surface area contributed by atoms with Crippen molar-refractivity contribution in [3.8, 4) is 5.75 Å². The summed E-state index contributed by atoms with van der Waals surface area (Å²) < 4.78 is 39.5. The van der Waals surface area contributed by atoms with Gasteiger partial charge < -0.3 is 24.8 Å². The molecule has 9 heteroatoms. The normalized spacial score (nSPS) is 18.9. The second-order valence-electron chi connectivity index (χ2n) is 5.16. The number of rotatable bonds is 6. The van der Waals surface area contributed by atoms with E-state index in [0.29, 0.717) is 25.3 Å². The Morgan fingerprint density at radius 2 is 2.25 bits per heavy atom. The second-order valence-corrected chi connectivity index (χ2v) is 5.16. The van der Waals surface area contributed by atoms with Crippen LogP contribution in [0, 0.1) is 0 Å². The SMILES string of the molecule is COCC(N)C(=O)N1CCOC(c2cccc(OC(F)F)c2)C1.Cl. The molecule has 1 aliphatic heterocycles. The Morgan fingerprint density at radius 3 is 2.92 bits per heavy atom.